The fraction of sp³-hybridized carbons (Fsp3) is 0.500. The number of nitrogens with zero attached hydrogens (tertiary/aromatic N) is 1. The molecule has 0 spiro atoms. The highest BCUT2D eigenvalue weighted by atomic mass is 15.2. The molecule has 3 unspecified atom stereocenters. The highest BCUT2D eigenvalue weighted by Gasteiger charge is 2.40. The highest BCUT2D eigenvalue weighted by Crippen LogP contribution is 2.42. The van der Waals surface area contributed by atoms with Gasteiger partial charge >= 0.3 is 0 Å². The molecule has 3 atom stereocenters. The van der Waals surface area contributed by atoms with Crippen LogP contribution in [-0.2, 0) is 0 Å². The number of hydrogen-bond donors (Lipinski definition) is 1. The van der Waals surface area contributed by atoms with Gasteiger partial charge in [0.15, 0.2) is 0 Å². The summed E-state index contributed by atoms with van der Waals surface area (Å²) in [7, 11) is 2.28. The van der Waals surface area contributed by atoms with Crippen molar-refractivity contribution in [1.29, 1.82) is 0 Å². The van der Waals surface area contributed by atoms with Gasteiger partial charge in [-0.3, -0.25) is 4.90 Å². The normalized spacial score (nSPS) is 38.3. The number of rotatable bonds is 0. The standard InChI is InChI=1S/C16H20N2/c1-18-15-5-3-2-4-13(15)14-8-12-10-17-7-6-11(12)9-16(14)18/h2-5,8,11,15-17H,6-7,9-10H2,1H3. The van der Waals surface area contributed by atoms with E-state index in [1.165, 1.54) is 25.0 Å². The van der Waals surface area contributed by atoms with Gasteiger partial charge in [-0.1, -0.05) is 36.0 Å². The maximum absolute atomic E-state index is 3.51. The van der Waals surface area contributed by atoms with E-state index in [1.54, 1.807) is 11.1 Å². The molecule has 2 aliphatic carbocycles. The highest BCUT2D eigenvalue weighted by molar-refractivity contribution is 5.52. The Balaban J connectivity index is 1.79. The Morgan fingerprint density at radius 3 is 3.17 bits per heavy atom. The van der Waals surface area contributed by atoms with Crippen molar-refractivity contribution in [2.24, 2.45) is 5.92 Å². The smallest absolute Gasteiger partial charge is 0.0540 e. The van der Waals surface area contributed by atoms with Gasteiger partial charge in [-0.05, 0) is 43.5 Å². The summed E-state index contributed by atoms with van der Waals surface area (Å²) in [6, 6.07) is 1.16. The summed E-state index contributed by atoms with van der Waals surface area (Å²) in [5.74, 6) is 0.816. The second kappa shape index (κ2) is 3.94. The molecule has 4 aliphatic rings. The van der Waals surface area contributed by atoms with Crippen LogP contribution in [-0.4, -0.2) is 37.1 Å². The first-order valence-electron chi connectivity index (χ1n) is 7.06. The van der Waals surface area contributed by atoms with E-state index in [2.05, 4.69) is 47.6 Å². The van der Waals surface area contributed by atoms with Crippen LogP contribution in [0.2, 0.25) is 0 Å². The second-order valence-electron chi connectivity index (χ2n) is 5.90. The number of likely N-dealkylation sites (N-methyl/N-ethyl adjacent to an activating group) is 1. The molecule has 0 bridgehead atoms. The third-order valence-electron chi connectivity index (χ3n) is 4.99. The van der Waals surface area contributed by atoms with Crippen LogP contribution in [0.15, 0.2) is 47.1 Å². The van der Waals surface area contributed by atoms with Gasteiger partial charge in [-0.2, -0.15) is 0 Å². The monoisotopic (exact) mass is 240 g/mol. The molecule has 1 N–H and O–H groups in total. The Morgan fingerprint density at radius 2 is 2.22 bits per heavy atom. The van der Waals surface area contributed by atoms with E-state index in [1.807, 2.05) is 0 Å². The summed E-state index contributed by atoms with van der Waals surface area (Å²) < 4.78 is 0. The number of piperidine rings is 1. The second-order valence-corrected chi connectivity index (χ2v) is 5.90. The maximum atomic E-state index is 3.51. The summed E-state index contributed by atoms with van der Waals surface area (Å²) in [6.07, 6.45) is 14.1. The molecule has 0 aromatic heterocycles. The first-order valence-corrected chi connectivity index (χ1v) is 7.06. The minimum absolute atomic E-state index is 0.514. The maximum Gasteiger partial charge on any atom is 0.0540 e. The van der Waals surface area contributed by atoms with Gasteiger partial charge in [0.05, 0.1) is 6.04 Å². The molecular weight excluding hydrogens is 220 g/mol. The van der Waals surface area contributed by atoms with Gasteiger partial charge in [0.25, 0.3) is 0 Å². The summed E-state index contributed by atoms with van der Waals surface area (Å²) in [5.41, 5.74) is 4.75. The fourth-order valence-corrected chi connectivity index (χ4v) is 3.98. The largest absolute Gasteiger partial charge is 0.313 e. The lowest BCUT2D eigenvalue weighted by molar-refractivity contribution is 0.237. The lowest BCUT2D eigenvalue weighted by Gasteiger charge is -2.36. The lowest BCUT2D eigenvalue weighted by atomic mass is 9.78. The summed E-state index contributed by atoms with van der Waals surface area (Å²) in [5, 5.41) is 3.51. The molecule has 94 valence electrons. The predicted molar refractivity (Wildman–Crippen MR) is 74.3 cm³/mol. The van der Waals surface area contributed by atoms with Crippen LogP contribution in [0.4, 0.5) is 0 Å². The van der Waals surface area contributed by atoms with E-state index < -0.39 is 0 Å². The third-order valence-corrected chi connectivity index (χ3v) is 4.99. The Morgan fingerprint density at radius 1 is 1.28 bits per heavy atom. The van der Waals surface area contributed by atoms with E-state index in [0.717, 1.165) is 12.5 Å². The quantitative estimate of drug-likeness (QED) is 0.697. The van der Waals surface area contributed by atoms with Crippen LogP contribution >= 0.6 is 0 Å². The van der Waals surface area contributed by atoms with Crippen LogP contribution in [0.3, 0.4) is 0 Å². The van der Waals surface area contributed by atoms with E-state index >= 15 is 0 Å². The van der Waals surface area contributed by atoms with Crippen molar-refractivity contribution in [3.8, 4) is 0 Å². The zero-order valence-electron chi connectivity index (χ0n) is 10.9. The van der Waals surface area contributed by atoms with Crippen LogP contribution in [0.25, 0.3) is 0 Å². The molecule has 0 aromatic carbocycles. The number of allylic oxidation sites excluding steroid dienone is 2. The minimum atomic E-state index is 0.514. The van der Waals surface area contributed by atoms with Gasteiger partial charge in [0.1, 0.15) is 0 Å². The molecule has 0 radical (unpaired) electrons. The van der Waals surface area contributed by atoms with Crippen molar-refractivity contribution >= 4 is 0 Å². The van der Waals surface area contributed by atoms with Crippen LogP contribution in [0.1, 0.15) is 12.8 Å². The average molecular weight is 240 g/mol. The van der Waals surface area contributed by atoms with Crippen molar-refractivity contribution in [1.82, 2.24) is 10.2 Å². The van der Waals surface area contributed by atoms with Crippen LogP contribution < -0.4 is 5.32 Å². The number of fused-ring (bicyclic) bond motifs is 3. The molecule has 18 heavy (non-hydrogen) atoms. The molecule has 1 saturated heterocycles. The van der Waals surface area contributed by atoms with Crippen molar-refractivity contribution in [3.05, 3.63) is 47.1 Å². The minimum Gasteiger partial charge on any atom is -0.313 e. The summed E-state index contributed by atoms with van der Waals surface area (Å²) in [6.45, 7) is 2.29. The molecular formula is C16H20N2. The molecule has 2 aliphatic heterocycles. The molecule has 2 nitrogen and oxygen atoms in total. The third kappa shape index (κ3) is 1.42. The van der Waals surface area contributed by atoms with E-state index in [-0.39, 0.29) is 0 Å². The molecule has 0 amide bonds. The lowest BCUT2D eigenvalue weighted by Crippen LogP contribution is -2.40. The molecule has 0 saturated carbocycles. The van der Waals surface area contributed by atoms with Gasteiger partial charge < -0.3 is 5.32 Å². The van der Waals surface area contributed by atoms with Gasteiger partial charge in [-0.15, -0.1) is 0 Å². The topological polar surface area (TPSA) is 15.3 Å². The fourth-order valence-electron chi connectivity index (χ4n) is 3.98. The predicted octanol–water partition coefficient (Wildman–Crippen LogP) is 2.03. The summed E-state index contributed by atoms with van der Waals surface area (Å²) in [4.78, 5) is 2.56. The van der Waals surface area contributed by atoms with Gasteiger partial charge in [0.2, 0.25) is 0 Å². The van der Waals surface area contributed by atoms with E-state index in [0.29, 0.717) is 12.1 Å². The molecule has 2 heterocycles. The number of hydrogen-bond acceptors (Lipinski definition) is 2. The Bertz CT molecular complexity index is 495. The molecule has 0 aromatic rings. The van der Waals surface area contributed by atoms with Crippen molar-refractivity contribution in [3.63, 3.8) is 0 Å². The average Bonchev–Trinajstić information content (AvgIpc) is 2.71. The molecule has 4 rings (SSSR count). The Labute approximate surface area is 109 Å². The van der Waals surface area contributed by atoms with Crippen LogP contribution in [0.5, 0.6) is 0 Å². The summed E-state index contributed by atoms with van der Waals surface area (Å²) >= 11 is 0. The Hall–Kier alpha value is -1.12. The number of nitrogens with one attached hydrogen (secondary N) is 1. The van der Waals surface area contributed by atoms with Crippen molar-refractivity contribution in [2.75, 3.05) is 20.1 Å². The first-order chi connectivity index (χ1) is 8.84. The van der Waals surface area contributed by atoms with Crippen molar-refractivity contribution in [2.45, 2.75) is 24.9 Å². The molecule has 1 fully saturated rings. The van der Waals surface area contributed by atoms with E-state index in [9.17, 15) is 0 Å². The zero-order valence-corrected chi connectivity index (χ0v) is 10.9. The molecule has 2 heteroatoms. The zero-order chi connectivity index (χ0) is 12.1. The SMILES string of the molecule is CN1C2C=CC=CC2=C2C=C3CNCCC3CC21. The van der Waals surface area contributed by atoms with Crippen LogP contribution in [0, 0.1) is 5.92 Å². The van der Waals surface area contributed by atoms with Gasteiger partial charge in [0, 0.05) is 12.6 Å². The first kappa shape index (κ1) is 10.8. The van der Waals surface area contributed by atoms with Gasteiger partial charge in [-0.25, -0.2) is 0 Å². The Kier molecular flexibility index (Phi) is 2.36. The van der Waals surface area contributed by atoms with Crippen molar-refractivity contribution < 1.29 is 0 Å². The van der Waals surface area contributed by atoms with E-state index in [4.69, 9.17) is 0 Å².